The highest BCUT2D eigenvalue weighted by atomic mass is 16.6. The Balaban J connectivity index is 2.62. The van der Waals surface area contributed by atoms with E-state index in [0.717, 1.165) is 18.7 Å². The van der Waals surface area contributed by atoms with Crippen molar-refractivity contribution in [1.29, 1.82) is 0 Å². The van der Waals surface area contributed by atoms with Crippen LogP contribution in [0.4, 0.5) is 4.79 Å². The van der Waals surface area contributed by atoms with Gasteiger partial charge < -0.3 is 20.1 Å². The highest BCUT2D eigenvalue weighted by Crippen LogP contribution is 2.12. The normalized spacial score (nSPS) is 16.3. The van der Waals surface area contributed by atoms with E-state index >= 15 is 0 Å². The minimum absolute atomic E-state index is 0.280. The fourth-order valence-corrected chi connectivity index (χ4v) is 1.83. The molecule has 0 radical (unpaired) electrons. The number of carbonyl (C=O) groups is 2. The quantitative estimate of drug-likeness (QED) is 0.589. The number of amides is 1. The molecular formula is C14H24N2O4. The van der Waals surface area contributed by atoms with Gasteiger partial charge in [0.2, 0.25) is 0 Å². The largest absolute Gasteiger partial charge is 0.464 e. The molecule has 1 heterocycles. The standard InChI is InChI=1S/C14H24N2O4/c1-5-19-12(17)11(8-10-6-7-15-9-10)16-13(18)20-14(2,3)4/h6,11,15H,5,7-9H2,1-4H3,(H,16,18). The summed E-state index contributed by atoms with van der Waals surface area (Å²) < 4.78 is 10.2. The first kappa shape index (κ1) is 16.5. The lowest BCUT2D eigenvalue weighted by atomic mass is 10.1. The Morgan fingerprint density at radius 3 is 2.65 bits per heavy atom. The lowest BCUT2D eigenvalue weighted by Gasteiger charge is -2.23. The third-order valence-corrected chi connectivity index (χ3v) is 2.62. The summed E-state index contributed by atoms with van der Waals surface area (Å²) in [6, 6.07) is -0.712. The minimum Gasteiger partial charge on any atom is -0.464 e. The summed E-state index contributed by atoms with van der Waals surface area (Å²) in [5.74, 6) is -0.439. The predicted molar refractivity (Wildman–Crippen MR) is 75.4 cm³/mol. The van der Waals surface area contributed by atoms with Gasteiger partial charge in [-0.25, -0.2) is 9.59 Å². The number of esters is 1. The van der Waals surface area contributed by atoms with Crippen LogP contribution in [0.3, 0.4) is 0 Å². The highest BCUT2D eigenvalue weighted by molar-refractivity contribution is 5.81. The van der Waals surface area contributed by atoms with Gasteiger partial charge in [0.1, 0.15) is 11.6 Å². The number of nitrogens with one attached hydrogen (secondary N) is 2. The number of rotatable bonds is 5. The molecule has 6 nitrogen and oxygen atoms in total. The molecule has 1 amide bonds. The predicted octanol–water partition coefficient (Wildman–Crippen LogP) is 1.36. The Bertz CT molecular complexity index is 385. The molecule has 1 aliphatic heterocycles. The van der Waals surface area contributed by atoms with E-state index in [0.29, 0.717) is 6.42 Å². The number of alkyl carbamates (subject to hydrolysis) is 1. The number of carbonyl (C=O) groups excluding carboxylic acids is 2. The van der Waals surface area contributed by atoms with Crippen LogP contribution >= 0.6 is 0 Å². The molecule has 2 N–H and O–H groups in total. The second-order valence-corrected chi connectivity index (χ2v) is 5.65. The van der Waals surface area contributed by atoms with Crippen molar-refractivity contribution in [2.45, 2.75) is 45.8 Å². The van der Waals surface area contributed by atoms with Crippen LogP contribution in [0.2, 0.25) is 0 Å². The first-order valence-corrected chi connectivity index (χ1v) is 6.86. The van der Waals surface area contributed by atoms with Crippen LogP contribution in [-0.4, -0.2) is 43.4 Å². The van der Waals surface area contributed by atoms with Gasteiger partial charge in [0.25, 0.3) is 0 Å². The van der Waals surface area contributed by atoms with Crippen LogP contribution in [-0.2, 0) is 14.3 Å². The van der Waals surface area contributed by atoms with E-state index in [9.17, 15) is 9.59 Å². The van der Waals surface area contributed by atoms with E-state index in [1.807, 2.05) is 6.08 Å². The summed E-state index contributed by atoms with van der Waals surface area (Å²) in [4.78, 5) is 23.7. The molecule has 20 heavy (non-hydrogen) atoms. The van der Waals surface area contributed by atoms with Crippen molar-refractivity contribution in [2.75, 3.05) is 19.7 Å². The summed E-state index contributed by atoms with van der Waals surface area (Å²) in [7, 11) is 0. The maximum Gasteiger partial charge on any atom is 0.408 e. The fraction of sp³-hybridized carbons (Fsp3) is 0.714. The molecule has 1 rings (SSSR count). The summed E-state index contributed by atoms with van der Waals surface area (Å²) in [5, 5.41) is 5.73. The molecule has 0 aromatic carbocycles. The lowest BCUT2D eigenvalue weighted by molar-refractivity contribution is -0.145. The van der Waals surface area contributed by atoms with Crippen molar-refractivity contribution >= 4 is 12.1 Å². The van der Waals surface area contributed by atoms with Crippen molar-refractivity contribution in [2.24, 2.45) is 0 Å². The minimum atomic E-state index is -0.712. The van der Waals surface area contributed by atoms with Gasteiger partial charge >= 0.3 is 12.1 Å². The van der Waals surface area contributed by atoms with Gasteiger partial charge in [-0.05, 0) is 27.7 Å². The van der Waals surface area contributed by atoms with Gasteiger partial charge in [-0.2, -0.15) is 0 Å². The van der Waals surface area contributed by atoms with Gasteiger partial charge in [-0.15, -0.1) is 0 Å². The smallest absolute Gasteiger partial charge is 0.408 e. The Labute approximate surface area is 119 Å². The van der Waals surface area contributed by atoms with Crippen LogP contribution in [0.5, 0.6) is 0 Å². The van der Waals surface area contributed by atoms with Crippen LogP contribution in [0, 0.1) is 0 Å². The lowest BCUT2D eigenvalue weighted by Crippen LogP contribution is -2.44. The van der Waals surface area contributed by atoms with Gasteiger partial charge in [0, 0.05) is 19.5 Å². The van der Waals surface area contributed by atoms with Crippen LogP contribution in [0.1, 0.15) is 34.1 Å². The summed E-state index contributed by atoms with van der Waals surface area (Å²) in [5.41, 5.74) is 0.483. The Kier molecular flexibility index (Phi) is 6.01. The molecule has 114 valence electrons. The number of hydrogen-bond acceptors (Lipinski definition) is 5. The van der Waals surface area contributed by atoms with Crippen molar-refractivity contribution in [1.82, 2.24) is 10.6 Å². The molecule has 0 saturated carbocycles. The van der Waals surface area contributed by atoms with Crippen molar-refractivity contribution in [3.05, 3.63) is 11.6 Å². The van der Waals surface area contributed by atoms with Crippen LogP contribution in [0.25, 0.3) is 0 Å². The number of hydrogen-bond donors (Lipinski definition) is 2. The van der Waals surface area contributed by atoms with Gasteiger partial charge in [0.05, 0.1) is 6.61 Å². The second-order valence-electron chi connectivity index (χ2n) is 5.65. The molecule has 0 aliphatic carbocycles. The van der Waals surface area contributed by atoms with E-state index in [-0.39, 0.29) is 6.61 Å². The van der Waals surface area contributed by atoms with Gasteiger partial charge in [-0.1, -0.05) is 11.6 Å². The van der Waals surface area contributed by atoms with E-state index in [1.165, 1.54) is 0 Å². The monoisotopic (exact) mass is 284 g/mol. The fourth-order valence-electron chi connectivity index (χ4n) is 1.83. The van der Waals surface area contributed by atoms with Gasteiger partial charge in [0.15, 0.2) is 0 Å². The van der Waals surface area contributed by atoms with Crippen LogP contribution < -0.4 is 10.6 Å². The maximum absolute atomic E-state index is 11.9. The van der Waals surface area contributed by atoms with Crippen LogP contribution in [0.15, 0.2) is 11.6 Å². The zero-order valence-electron chi connectivity index (χ0n) is 12.6. The van der Waals surface area contributed by atoms with E-state index < -0.39 is 23.7 Å². The second kappa shape index (κ2) is 7.28. The zero-order valence-corrected chi connectivity index (χ0v) is 12.6. The Morgan fingerprint density at radius 1 is 1.45 bits per heavy atom. The first-order valence-electron chi connectivity index (χ1n) is 6.86. The van der Waals surface area contributed by atoms with Crippen molar-refractivity contribution in [3.8, 4) is 0 Å². The first-order chi connectivity index (χ1) is 9.31. The Hall–Kier alpha value is -1.56. The molecule has 0 fully saturated rings. The summed E-state index contributed by atoms with van der Waals surface area (Å²) in [6.45, 7) is 8.85. The third kappa shape index (κ3) is 6.06. The molecule has 1 aliphatic rings. The van der Waals surface area contributed by atoms with E-state index in [2.05, 4.69) is 10.6 Å². The summed E-state index contributed by atoms with van der Waals surface area (Å²) in [6.07, 6.45) is 1.84. The van der Waals surface area contributed by atoms with Crippen molar-refractivity contribution in [3.63, 3.8) is 0 Å². The number of ether oxygens (including phenoxy) is 2. The average molecular weight is 284 g/mol. The van der Waals surface area contributed by atoms with Crippen molar-refractivity contribution < 1.29 is 19.1 Å². The zero-order chi connectivity index (χ0) is 15.2. The molecule has 1 unspecified atom stereocenters. The van der Waals surface area contributed by atoms with Gasteiger partial charge in [-0.3, -0.25) is 0 Å². The van der Waals surface area contributed by atoms with E-state index in [4.69, 9.17) is 9.47 Å². The highest BCUT2D eigenvalue weighted by Gasteiger charge is 2.26. The Morgan fingerprint density at radius 2 is 2.15 bits per heavy atom. The average Bonchev–Trinajstić information content (AvgIpc) is 2.78. The SMILES string of the molecule is CCOC(=O)C(CC1=CCNC1)NC(=O)OC(C)(C)C. The molecule has 6 heteroatoms. The molecule has 0 aromatic heterocycles. The molecule has 0 aromatic rings. The molecule has 1 atom stereocenters. The topological polar surface area (TPSA) is 76.7 Å². The maximum atomic E-state index is 11.9. The molecule has 0 bridgehead atoms. The molecular weight excluding hydrogens is 260 g/mol. The summed E-state index contributed by atoms with van der Waals surface area (Å²) >= 11 is 0. The van der Waals surface area contributed by atoms with E-state index in [1.54, 1.807) is 27.7 Å². The molecule has 0 spiro atoms. The molecule has 0 saturated heterocycles. The third-order valence-electron chi connectivity index (χ3n) is 2.62.